The lowest BCUT2D eigenvalue weighted by molar-refractivity contribution is -0.398. The average Bonchev–Trinajstić information content (AvgIpc) is 3.64. The van der Waals surface area contributed by atoms with Crippen LogP contribution in [0.25, 0.3) is 0 Å². The van der Waals surface area contributed by atoms with Crippen LogP contribution in [0.4, 0.5) is 4.79 Å². The van der Waals surface area contributed by atoms with Crippen molar-refractivity contribution in [3.63, 3.8) is 0 Å². The van der Waals surface area contributed by atoms with Gasteiger partial charge >= 0.3 is 12.1 Å². The molecule has 4 N–H and O–H groups in total. The van der Waals surface area contributed by atoms with E-state index in [1.807, 2.05) is 84.0 Å². The summed E-state index contributed by atoms with van der Waals surface area (Å²) in [6, 6.07) is 8.99. The van der Waals surface area contributed by atoms with Crippen LogP contribution in [0.2, 0.25) is 0 Å². The maximum atomic E-state index is 14.7. The van der Waals surface area contributed by atoms with E-state index in [4.69, 9.17) is 33.2 Å². The summed E-state index contributed by atoms with van der Waals surface area (Å²) in [5.41, 5.74) is -0.758. The van der Waals surface area contributed by atoms with Gasteiger partial charge in [0.2, 0.25) is 0 Å². The molecule has 6 rings (SSSR count). The second kappa shape index (κ2) is 21.8. The van der Waals surface area contributed by atoms with E-state index in [0.717, 1.165) is 12.0 Å². The largest absolute Gasteiger partial charge is 0.481 e. The van der Waals surface area contributed by atoms with E-state index in [2.05, 4.69) is 26.1 Å². The van der Waals surface area contributed by atoms with Crippen molar-refractivity contribution in [1.29, 1.82) is 0 Å². The van der Waals surface area contributed by atoms with Gasteiger partial charge in [-0.15, -0.1) is 0 Å². The van der Waals surface area contributed by atoms with Crippen molar-refractivity contribution in [2.24, 2.45) is 41.4 Å². The molecule has 4 fully saturated rings. The predicted octanol–water partition coefficient (Wildman–Crippen LogP) is 8.14. The fourth-order valence-corrected chi connectivity index (χ4v) is 11.8. The molecule has 5 aliphatic heterocycles. The van der Waals surface area contributed by atoms with E-state index in [9.17, 15) is 29.7 Å². The van der Waals surface area contributed by atoms with Gasteiger partial charge in [0.15, 0.2) is 11.6 Å². The molecule has 2 spiro atoms. The van der Waals surface area contributed by atoms with Crippen LogP contribution in [0.1, 0.15) is 139 Å². The van der Waals surface area contributed by atoms with Gasteiger partial charge in [-0.05, 0) is 95.1 Å². The molecule has 0 aliphatic carbocycles. The minimum atomic E-state index is -1.41. The maximum absolute atomic E-state index is 14.7. The molecule has 1 aromatic rings. The number of rotatable bonds is 18. The number of hydrogen-bond donors (Lipinski definition) is 4. The van der Waals surface area contributed by atoms with Crippen molar-refractivity contribution in [1.82, 2.24) is 5.32 Å². The number of nitrogens with one attached hydrogen (secondary N) is 1. The molecule has 5 aliphatic rings. The van der Waals surface area contributed by atoms with E-state index in [0.29, 0.717) is 64.4 Å². The Hall–Kier alpha value is -2.95. The first-order chi connectivity index (χ1) is 31.3. The van der Waals surface area contributed by atoms with Crippen molar-refractivity contribution in [3.05, 3.63) is 48.0 Å². The van der Waals surface area contributed by atoms with Crippen LogP contribution >= 0.6 is 0 Å². The molecule has 0 saturated carbocycles. The maximum Gasteiger partial charge on any atom is 0.407 e. The van der Waals surface area contributed by atoms with E-state index < -0.39 is 95.1 Å². The summed E-state index contributed by atoms with van der Waals surface area (Å²) in [5.74, 6) is -6.27. The molecule has 0 bridgehead atoms. The van der Waals surface area contributed by atoms with Crippen LogP contribution in [-0.4, -0.2) is 112 Å². The molecule has 66 heavy (non-hydrogen) atoms. The van der Waals surface area contributed by atoms with Gasteiger partial charge in [0.25, 0.3) is 0 Å². The summed E-state index contributed by atoms with van der Waals surface area (Å²) in [4.78, 5) is 40.3. The molecule has 4 saturated heterocycles. The summed E-state index contributed by atoms with van der Waals surface area (Å²) in [6.45, 7) is 20.2. The number of carboxylic acids is 1. The third-order valence-electron chi connectivity index (χ3n) is 16.3. The van der Waals surface area contributed by atoms with Gasteiger partial charge in [0, 0.05) is 30.1 Å². The second-order valence-corrected chi connectivity index (χ2v) is 20.8. The lowest BCUT2D eigenvalue weighted by Crippen LogP contribution is -2.65. The summed E-state index contributed by atoms with van der Waals surface area (Å²) in [5, 5.41) is 36.0. The summed E-state index contributed by atoms with van der Waals surface area (Å²) >= 11 is 0. The number of aliphatic hydroxyl groups is 2. The highest BCUT2D eigenvalue weighted by Crippen LogP contribution is 2.54. The zero-order valence-electron chi connectivity index (χ0n) is 41.2. The minimum absolute atomic E-state index is 0.0366. The molecule has 1 amide bonds. The number of aliphatic hydroxyl groups excluding tert-OH is 1. The predicted molar refractivity (Wildman–Crippen MR) is 247 cm³/mol. The number of alkyl carbamates (subject to hydrolysis) is 1. The molecular weight excluding hydrogens is 847 g/mol. The molecule has 0 aromatic heterocycles. The number of ether oxygens (including phenoxy) is 7. The fourth-order valence-electron chi connectivity index (χ4n) is 11.8. The molecule has 5 heterocycles. The van der Waals surface area contributed by atoms with Crippen molar-refractivity contribution < 1.29 is 62.9 Å². The number of aliphatic carboxylic acids is 1. The lowest BCUT2D eigenvalue weighted by atomic mass is 9.72. The Bertz CT molecular complexity index is 1810. The number of Topliss-reactive ketones (excluding diaryl/α,β-unsaturated/α-hetero) is 1. The molecule has 14 nitrogen and oxygen atoms in total. The van der Waals surface area contributed by atoms with Crippen LogP contribution in [0.15, 0.2) is 42.5 Å². The van der Waals surface area contributed by atoms with Gasteiger partial charge < -0.3 is 53.8 Å². The number of carbonyl (C=O) groups is 3. The zero-order valence-corrected chi connectivity index (χ0v) is 41.2. The number of amides is 1. The van der Waals surface area contributed by atoms with Crippen molar-refractivity contribution in [2.75, 3.05) is 13.2 Å². The Labute approximate surface area is 393 Å². The van der Waals surface area contributed by atoms with E-state index in [-0.39, 0.29) is 42.9 Å². The molecular formula is C52H81NO13. The first-order valence-corrected chi connectivity index (χ1v) is 25.1. The van der Waals surface area contributed by atoms with Crippen LogP contribution in [-0.2, 0) is 49.4 Å². The highest BCUT2D eigenvalue weighted by atomic mass is 16.8. The zero-order chi connectivity index (χ0) is 48.2. The Morgan fingerprint density at radius 3 is 2.24 bits per heavy atom. The molecule has 2 unspecified atom stereocenters. The smallest absolute Gasteiger partial charge is 0.407 e. The Kier molecular flexibility index (Phi) is 17.3. The third-order valence-corrected chi connectivity index (χ3v) is 16.3. The van der Waals surface area contributed by atoms with Gasteiger partial charge in [0.1, 0.15) is 18.4 Å². The van der Waals surface area contributed by atoms with Gasteiger partial charge in [-0.3, -0.25) is 9.59 Å². The Morgan fingerprint density at radius 2 is 1.59 bits per heavy atom. The van der Waals surface area contributed by atoms with Crippen molar-refractivity contribution >= 4 is 17.8 Å². The van der Waals surface area contributed by atoms with E-state index >= 15 is 0 Å². The summed E-state index contributed by atoms with van der Waals surface area (Å²) in [7, 11) is 0. The molecule has 0 radical (unpaired) electrons. The first kappa shape index (κ1) is 52.4. The molecule has 14 heteroatoms. The van der Waals surface area contributed by atoms with Gasteiger partial charge in [0.05, 0.1) is 67.0 Å². The molecule has 18 atom stereocenters. The first-order valence-electron chi connectivity index (χ1n) is 25.1. The van der Waals surface area contributed by atoms with Crippen LogP contribution in [0, 0.1) is 41.4 Å². The standard InChI is InChI=1S/C52H81NO13/c1-11-38(47(56)57)40-20-19-31(4)45(63-40)35(8)43(54)34(7)44(55)39(12-2)46-32(5)29-33(6)51(64-46)24-21-41(53-48(58)61-28-27-60-30-37-17-15-14-16-18-37)52(66-51)26-25-49(10,65-52)42-22-23-50(59,13-3)36(9)62-42/h14-18,21,24,31-36,38-43,45-46,54,59H,11-13,19-20,22-23,25-30H2,1-10H3,(H,53,58)(H,56,57)/t31-,32-,33+,34-,35-,36-,38+,39?,40+,41+,42+,43+,45?,46-,49-,50+,51-,52-/m0/s1. The van der Waals surface area contributed by atoms with Crippen LogP contribution in [0.3, 0.4) is 0 Å². The Morgan fingerprint density at radius 1 is 0.879 bits per heavy atom. The number of carboxylic acid groups (broad SMARTS) is 1. The average molecular weight is 928 g/mol. The van der Waals surface area contributed by atoms with Crippen LogP contribution in [0.5, 0.6) is 0 Å². The number of ketones is 1. The SMILES string of the molecule is CCC(C(=O)[C@@H](C)[C@@H](O)[C@H](C)C1O[C@@H]([C@@H](CC)C(=O)O)CC[C@@H]1C)[C@H]1O[C@]2(C=C[C@@H](NC(=O)OCCOCc3ccccc3)[C@]3(CC[C@@](C)([C@H]4CC[C@](O)(CC)[C@H](C)O4)O3)O2)[C@H](C)C[C@@H]1C. The van der Waals surface area contributed by atoms with Crippen molar-refractivity contribution in [3.8, 4) is 0 Å². The minimum Gasteiger partial charge on any atom is -0.481 e. The Balaban J connectivity index is 1.20. The summed E-state index contributed by atoms with van der Waals surface area (Å²) in [6.07, 6.45) is 5.45. The number of benzene rings is 1. The van der Waals surface area contributed by atoms with E-state index in [1.54, 1.807) is 6.92 Å². The normalized spacial score (nSPS) is 39.2. The molecule has 372 valence electrons. The second-order valence-electron chi connectivity index (χ2n) is 20.8. The highest BCUT2D eigenvalue weighted by Gasteiger charge is 2.63. The fraction of sp³-hybridized carbons (Fsp3) is 0.788. The monoisotopic (exact) mass is 928 g/mol. The lowest BCUT2D eigenvalue weighted by Gasteiger charge is -2.55. The van der Waals surface area contributed by atoms with Crippen LogP contribution < -0.4 is 5.32 Å². The van der Waals surface area contributed by atoms with Gasteiger partial charge in [-0.25, -0.2) is 4.79 Å². The van der Waals surface area contributed by atoms with Crippen molar-refractivity contribution in [2.45, 2.75) is 205 Å². The number of carbonyl (C=O) groups excluding carboxylic acids is 2. The summed E-state index contributed by atoms with van der Waals surface area (Å²) < 4.78 is 45.9. The quantitative estimate of drug-likeness (QED) is 0.0817. The third kappa shape index (κ3) is 11.1. The number of hydrogen-bond acceptors (Lipinski definition) is 12. The van der Waals surface area contributed by atoms with Gasteiger partial charge in [-0.1, -0.05) is 91.8 Å². The van der Waals surface area contributed by atoms with E-state index in [1.165, 1.54) is 0 Å². The topological polar surface area (TPSA) is 189 Å². The molecule has 1 aromatic carbocycles. The highest BCUT2D eigenvalue weighted by molar-refractivity contribution is 5.84. The van der Waals surface area contributed by atoms with Gasteiger partial charge in [-0.2, -0.15) is 0 Å².